The van der Waals surface area contributed by atoms with Crippen molar-refractivity contribution in [1.29, 1.82) is 5.26 Å². The molecule has 0 unspecified atom stereocenters. The molecule has 0 aliphatic rings. The van der Waals surface area contributed by atoms with Crippen LogP contribution in [0.1, 0.15) is 15.9 Å². The van der Waals surface area contributed by atoms with E-state index in [2.05, 4.69) is 0 Å². The van der Waals surface area contributed by atoms with Crippen molar-refractivity contribution in [3.8, 4) is 23.3 Å². The molecule has 0 aliphatic heterocycles. The van der Waals surface area contributed by atoms with E-state index in [0.29, 0.717) is 22.7 Å². The van der Waals surface area contributed by atoms with Gasteiger partial charge in [0.25, 0.3) is 0 Å². The van der Waals surface area contributed by atoms with Crippen molar-refractivity contribution in [2.24, 2.45) is 5.73 Å². The van der Waals surface area contributed by atoms with E-state index in [9.17, 15) is 4.79 Å². The number of nitrogen functional groups attached to an aromatic ring is 1. The molecule has 4 N–H and O–H groups in total. The van der Waals surface area contributed by atoms with Crippen molar-refractivity contribution >= 4 is 11.6 Å². The number of hydrogen-bond acceptors (Lipinski definition) is 5. The Bertz CT molecular complexity index is 735. The van der Waals surface area contributed by atoms with Crippen LogP contribution in [0.15, 0.2) is 36.4 Å². The number of nitrogens with two attached hydrogens (primary N) is 2. The van der Waals surface area contributed by atoms with Crippen LogP contribution in [0.25, 0.3) is 0 Å². The molecule has 0 fully saturated rings. The van der Waals surface area contributed by atoms with E-state index in [1.807, 2.05) is 6.07 Å². The first-order valence-electron chi connectivity index (χ1n) is 6.00. The lowest BCUT2D eigenvalue weighted by atomic mass is 10.2. The zero-order valence-corrected chi connectivity index (χ0v) is 11.3. The van der Waals surface area contributed by atoms with Gasteiger partial charge < -0.3 is 20.9 Å². The van der Waals surface area contributed by atoms with Crippen LogP contribution in [0.4, 0.5) is 5.69 Å². The highest BCUT2D eigenvalue weighted by Crippen LogP contribution is 2.31. The summed E-state index contributed by atoms with van der Waals surface area (Å²) in [5.41, 5.74) is 12.0. The van der Waals surface area contributed by atoms with Crippen LogP contribution < -0.4 is 20.9 Å². The van der Waals surface area contributed by atoms with Gasteiger partial charge in [-0.3, -0.25) is 4.79 Å². The minimum Gasteiger partial charge on any atom is -0.497 e. The minimum absolute atomic E-state index is 0.280. The van der Waals surface area contributed by atoms with E-state index >= 15 is 0 Å². The van der Waals surface area contributed by atoms with E-state index in [1.54, 1.807) is 18.2 Å². The quantitative estimate of drug-likeness (QED) is 0.834. The lowest BCUT2D eigenvalue weighted by Crippen LogP contribution is -2.11. The van der Waals surface area contributed by atoms with Crippen LogP contribution in [0.5, 0.6) is 17.2 Å². The summed E-state index contributed by atoms with van der Waals surface area (Å²) in [6.07, 6.45) is 0. The number of methoxy groups -OCH3 is 1. The minimum atomic E-state index is -0.580. The highest BCUT2D eigenvalue weighted by atomic mass is 16.5. The highest BCUT2D eigenvalue weighted by Gasteiger charge is 2.09. The number of ether oxygens (including phenoxy) is 2. The molecular formula is C15H13N3O3. The van der Waals surface area contributed by atoms with Crippen LogP contribution in [-0.2, 0) is 0 Å². The fourth-order valence-electron chi connectivity index (χ4n) is 1.72. The summed E-state index contributed by atoms with van der Waals surface area (Å²) in [5.74, 6) is 0.555. The Hall–Kier alpha value is -3.20. The number of carbonyl (C=O) groups is 1. The second kappa shape index (κ2) is 5.84. The Balaban J connectivity index is 2.40. The number of nitrogens with zero attached hydrogens (tertiary/aromatic N) is 1. The summed E-state index contributed by atoms with van der Waals surface area (Å²) < 4.78 is 10.7. The van der Waals surface area contributed by atoms with Gasteiger partial charge in [0, 0.05) is 11.6 Å². The standard InChI is InChI=1S/C15H13N3O3/c1-20-11-4-9(8-16)5-12(7-11)21-14-6-10(15(18)19)2-3-13(14)17/h2-7H,17H2,1H3,(H2,18,19). The summed E-state index contributed by atoms with van der Waals surface area (Å²) in [6, 6.07) is 11.2. The molecule has 0 aromatic heterocycles. The SMILES string of the molecule is COc1cc(C#N)cc(Oc2cc(C(N)=O)ccc2N)c1. The van der Waals surface area contributed by atoms with Gasteiger partial charge in [0.1, 0.15) is 11.5 Å². The second-order valence-corrected chi connectivity index (χ2v) is 4.23. The number of carbonyl (C=O) groups excluding carboxylic acids is 1. The van der Waals surface area contributed by atoms with E-state index in [1.165, 1.54) is 25.3 Å². The maximum absolute atomic E-state index is 11.2. The maximum atomic E-state index is 11.2. The van der Waals surface area contributed by atoms with Crippen LogP contribution in [0.2, 0.25) is 0 Å². The van der Waals surface area contributed by atoms with Crippen LogP contribution in [0.3, 0.4) is 0 Å². The molecule has 6 heteroatoms. The molecule has 0 heterocycles. The third kappa shape index (κ3) is 3.22. The van der Waals surface area contributed by atoms with Gasteiger partial charge in [-0.15, -0.1) is 0 Å². The zero-order chi connectivity index (χ0) is 15.4. The molecule has 0 radical (unpaired) electrons. The fraction of sp³-hybridized carbons (Fsp3) is 0.0667. The molecular weight excluding hydrogens is 270 g/mol. The molecule has 1 amide bonds. The van der Waals surface area contributed by atoms with E-state index in [0.717, 1.165) is 0 Å². The number of rotatable bonds is 4. The molecule has 0 aliphatic carbocycles. The van der Waals surface area contributed by atoms with Gasteiger partial charge in [-0.25, -0.2) is 0 Å². The molecule has 2 aromatic rings. The fourth-order valence-corrected chi connectivity index (χ4v) is 1.72. The smallest absolute Gasteiger partial charge is 0.248 e. The maximum Gasteiger partial charge on any atom is 0.248 e. The van der Waals surface area contributed by atoms with E-state index in [-0.39, 0.29) is 11.3 Å². The summed E-state index contributed by atoms with van der Waals surface area (Å²) in [4.78, 5) is 11.2. The van der Waals surface area contributed by atoms with E-state index in [4.69, 9.17) is 26.2 Å². The zero-order valence-electron chi connectivity index (χ0n) is 11.3. The largest absolute Gasteiger partial charge is 0.497 e. The van der Waals surface area contributed by atoms with Crippen molar-refractivity contribution in [1.82, 2.24) is 0 Å². The van der Waals surface area contributed by atoms with Gasteiger partial charge in [-0.05, 0) is 30.3 Å². The van der Waals surface area contributed by atoms with Gasteiger partial charge in [0.2, 0.25) is 5.91 Å². The molecule has 0 saturated carbocycles. The molecule has 21 heavy (non-hydrogen) atoms. The first kappa shape index (κ1) is 14.2. The molecule has 0 saturated heterocycles. The lowest BCUT2D eigenvalue weighted by Gasteiger charge is -2.11. The van der Waals surface area contributed by atoms with Gasteiger partial charge in [-0.1, -0.05) is 0 Å². The van der Waals surface area contributed by atoms with E-state index < -0.39 is 5.91 Å². The number of primary amides is 1. The van der Waals surface area contributed by atoms with Gasteiger partial charge in [-0.2, -0.15) is 5.26 Å². The Kier molecular flexibility index (Phi) is 3.95. The second-order valence-electron chi connectivity index (χ2n) is 4.23. The molecule has 6 nitrogen and oxygen atoms in total. The monoisotopic (exact) mass is 283 g/mol. The summed E-state index contributed by atoms with van der Waals surface area (Å²) in [5, 5.41) is 8.97. The predicted molar refractivity (Wildman–Crippen MR) is 77.2 cm³/mol. The molecule has 0 atom stereocenters. The molecule has 2 aromatic carbocycles. The van der Waals surface area contributed by atoms with Gasteiger partial charge in [0.15, 0.2) is 5.75 Å². The van der Waals surface area contributed by atoms with Crippen molar-refractivity contribution < 1.29 is 14.3 Å². The summed E-state index contributed by atoms with van der Waals surface area (Å²) >= 11 is 0. The van der Waals surface area contributed by atoms with Crippen LogP contribution >= 0.6 is 0 Å². The Morgan fingerprint density at radius 1 is 1.19 bits per heavy atom. The first-order valence-corrected chi connectivity index (χ1v) is 6.00. The lowest BCUT2D eigenvalue weighted by molar-refractivity contribution is 0.1000. The normalized spacial score (nSPS) is 9.71. The summed E-state index contributed by atoms with van der Waals surface area (Å²) in [6.45, 7) is 0. The number of anilines is 1. The predicted octanol–water partition coefficient (Wildman–Crippen LogP) is 2.04. The third-order valence-corrected chi connectivity index (χ3v) is 2.77. The number of amides is 1. The van der Waals surface area contributed by atoms with Crippen molar-refractivity contribution in [2.45, 2.75) is 0 Å². The topological polar surface area (TPSA) is 111 Å². The van der Waals surface area contributed by atoms with Crippen molar-refractivity contribution in [3.63, 3.8) is 0 Å². The van der Waals surface area contributed by atoms with Gasteiger partial charge in [0.05, 0.1) is 24.4 Å². The first-order chi connectivity index (χ1) is 10.0. The molecule has 0 bridgehead atoms. The highest BCUT2D eigenvalue weighted by molar-refractivity contribution is 5.93. The Morgan fingerprint density at radius 2 is 1.90 bits per heavy atom. The van der Waals surface area contributed by atoms with Crippen LogP contribution in [0, 0.1) is 11.3 Å². The number of benzene rings is 2. The van der Waals surface area contributed by atoms with Crippen molar-refractivity contribution in [3.05, 3.63) is 47.5 Å². The molecule has 106 valence electrons. The molecule has 2 rings (SSSR count). The van der Waals surface area contributed by atoms with Crippen molar-refractivity contribution in [2.75, 3.05) is 12.8 Å². The Morgan fingerprint density at radius 3 is 2.52 bits per heavy atom. The third-order valence-electron chi connectivity index (χ3n) is 2.77. The average molecular weight is 283 g/mol. The van der Waals surface area contributed by atoms with Gasteiger partial charge >= 0.3 is 0 Å². The summed E-state index contributed by atoms with van der Waals surface area (Å²) in [7, 11) is 1.49. The number of nitriles is 1. The molecule has 0 spiro atoms. The van der Waals surface area contributed by atoms with Crippen LogP contribution in [-0.4, -0.2) is 13.0 Å². The Labute approximate surface area is 121 Å². The number of hydrogen-bond donors (Lipinski definition) is 2. The average Bonchev–Trinajstić information content (AvgIpc) is 2.48.